The molecule has 2 fully saturated rings. The Morgan fingerprint density at radius 3 is 2.47 bits per heavy atom. The van der Waals surface area contributed by atoms with Crippen LogP contribution in [0, 0.1) is 5.41 Å². The monoisotopic (exact) mass is 231 g/mol. The van der Waals surface area contributed by atoms with Crippen molar-refractivity contribution in [2.24, 2.45) is 5.41 Å². The summed E-state index contributed by atoms with van der Waals surface area (Å²) < 4.78 is 5.25. The van der Waals surface area contributed by atoms with Crippen LogP contribution >= 0.6 is 11.6 Å². The van der Waals surface area contributed by atoms with Crippen LogP contribution < -0.4 is 0 Å². The van der Waals surface area contributed by atoms with Crippen molar-refractivity contribution in [3.63, 3.8) is 0 Å². The van der Waals surface area contributed by atoms with Crippen LogP contribution in [0.4, 0.5) is 0 Å². The molecule has 2 aliphatic heterocycles. The largest absolute Gasteiger partial charge is 0.380 e. The van der Waals surface area contributed by atoms with Gasteiger partial charge in [-0.1, -0.05) is 6.92 Å². The number of amides is 1. The molecule has 15 heavy (non-hydrogen) atoms. The average Bonchev–Trinajstić information content (AvgIpc) is 2.25. The van der Waals surface area contributed by atoms with Crippen LogP contribution in [0.3, 0.4) is 0 Å². The first-order valence-corrected chi connectivity index (χ1v) is 6.11. The highest BCUT2D eigenvalue weighted by atomic mass is 35.5. The molecule has 86 valence electrons. The molecule has 2 aliphatic rings. The lowest BCUT2D eigenvalue weighted by Crippen LogP contribution is -2.53. The van der Waals surface area contributed by atoms with Crippen molar-refractivity contribution < 1.29 is 9.53 Å². The molecule has 0 unspecified atom stereocenters. The molecule has 0 radical (unpaired) electrons. The Morgan fingerprint density at radius 2 is 2.07 bits per heavy atom. The maximum atomic E-state index is 11.8. The second kappa shape index (κ2) is 4.30. The molecular formula is C11H18ClNO2. The predicted molar refractivity (Wildman–Crippen MR) is 59.0 cm³/mol. The fourth-order valence-corrected chi connectivity index (χ4v) is 2.39. The van der Waals surface area contributed by atoms with Gasteiger partial charge in [0.2, 0.25) is 5.91 Å². The molecule has 2 rings (SSSR count). The molecule has 1 atom stereocenters. The fraction of sp³-hybridized carbons (Fsp3) is 0.909. The summed E-state index contributed by atoms with van der Waals surface area (Å²) in [6.45, 7) is 5.41. The van der Waals surface area contributed by atoms with E-state index in [1.165, 1.54) is 0 Å². The SMILES string of the molecule is CC[C@H](Cl)C(=O)N1CCC2(CC1)COC2. The number of hydrogen-bond acceptors (Lipinski definition) is 2. The normalized spacial score (nSPS) is 26.1. The van der Waals surface area contributed by atoms with Gasteiger partial charge in [-0.2, -0.15) is 0 Å². The second-order valence-electron chi connectivity index (χ2n) is 4.69. The zero-order valence-electron chi connectivity index (χ0n) is 9.17. The van der Waals surface area contributed by atoms with Crippen LogP contribution in [0.2, 0.25) is 0 Å². The van der Waals surface area contributed by atoms with E-state index in [0.29, 0.717) is 11.8 Å². The summed E-state index contributed by atoms with van der Waals surface area (Å²) in [6.07, 6.45) is 2.86. The highest BCUT2D eigenvalue weighted by molar-refractivity contribution is 6.30. The van der Waals surface area contributed by atoms with E-state index < -0.39 is 0 Å². The van der Waals surface area contributed by atoms with Gasteiger partial charge in [-0.3, -0.25) is 4.79 Å². The molecule has 3 nitrogen and oxygen atoms in total. The molecule has 2 heterocycles. The molecule has 2 saturated heterocycles. The van der Waals surface area contributed by atoms with Crippen LogP contribution in [0.5, 0.6) is 0 Å². The summed E-state index contributed by atoms with van der Waals surface area (Å²) in [5.41, 5.74) is 0.394. The van der Waals surface area contributed by atoms with Crippen molar-refractivity contribution in [2.45, 2.75) is 31.6 Å². The van der Waals surface area contributed by atoms with Crippen molar-refractivity contribution in [1.29, 1.82) is 0 Å². The highest BCUT2D eigenvalue weighted by Gasteiger charge is 2.42. The van der Waals surface area contributed by atoms with Gasteiger partial charge in [0.15, 0.2) is 0 Å². The Hall–Kier alpha value is -0.280. The number of hydrogen-bond donors (Lipinski definition) is 0. The summed E-state index contributed by atoms with van der Waals surface area (Å²) in [5.74, 6) is 0.106. The number of nitrogens with zero attached hydrogens (tertiary/aromatic N) is 1. The van der Waals surface area contributed by atoms with Crippen molar-refractivity contribution in [3.05, 3.63) is 0 Å². The molecule has 1 spiro atoms. The molecule has 0 N–H and O–H groups in total. The molecule has 0 bridgehead atoms. The summed E-state index contributed by atoms with van der Waals surface area (Å²) >= 11 is 5.95. The van der Waals surface area contributed by atoms with Crippen molar-refractivity contribution in [1.82, 2.24) is 4.90 Å². The lowest BCUT2D eigenvalue weighted by molar-refractivity contribution is -0.152. The van der Waals surface area contributed by atoms with Gasteiger partial charge in [0.05, 0.1) is 13.2 Å². The first-order chi connectivity index (χ1) is 7.17. The Balaban J connectivity index is 1.85. The number of halogens is 1. The van der Waals surface area contributed by atoms with E-state index in [4.69, 9.17) is 16.3 Å². The average molecular weight is 232 g/mol. The lowest BCUT2D eigenvalue weighted by Gasteiger charge is -2.47. The van der Waals surface area contributed by atoms with Gasteiger partial charge < -0.3 is 9.64 Å². The Labute approximate surface area is 95.7 Å². The van der Waals surface area contributed by atoms with Gasteiger partial charge in [0.25, 0.3) is 0 Å². The second-order valence-corrected chi connectivity index (χ2v) is 5.22. The molecule has 0 aromatic heterocycles. The minimum Gasteiger partial charge on any atom is -0.380 e. The van der Waals surface area contributed by atoms with E-state index in [-0.39, 0.29) is 11.3 Å². The first kappa shape index (κ1) is 11.2. The highest BCUT2D eigenvalue weighted by Crippen LogP contribution is 2.38. The van der Waals surface area contributed by atoms with Crippen LogP contribution in [-0.2, 0) is 9.53 Å². The summed E-state index contributed by atoms with van der Waals surface area (Å²) in [4.78, 5) is 13.7. The molecule has 4 heteroatoms. The van der Waals surface area contributed by atoms with Crippen molar-refractivity contribution in [2.75, 3.05) is 26.3 Å². The maximum Gasteiger partial charge on any atom is 0.240 e. The van der Waals surface area contributed by atoms with Crippen LogP contribution in [-0.4, -0.2) is 42.5 Å². The third-order valence-corrected chi connectivity index (χ3v) is 4.07. The van der Waals surface area contributed by atoms with Gasteiger partial charge >= 0.3 is 0 Å². The maximum absolute atomic E-state index is 11.8. The zero-order chi connectivity index (χ0) is 10.9. The van der Waals surface area contributed by atoms with E-state index in [2.05, 4.69) is 0 Å². The fourth-order valence-electron chi connectivity index (χ4n) is 2.25. The number of likely N-dealkylation sites (tertiary alicyclic amines) is 1. The lowest BCUT2D eigenvalue weighted by atomic mass is 9.77. The summed E-state index contributed by atoms with van der Waals surface area (Å²) in [6, 6.07) is 0. The zero-order valence-corrected chi connectivity index (χ0v) is 9.92. The smallest absolute Gasteiger partial charge is 0.240 e. The van der Waals surface area contributed by atoms with Crippen LogP contribution in [0.25, 0.3) is 0 Å². The number of carbonyl (C=O) groups excluding carboxylic acids is 1. The van der Waals surface area contributed by atoms with Crippen LogP contribution in [0.15, 0.2) is 0 Å². The third-order valence-electron chi connectivity index (χ3n) is 3.58. The molecule has 1 amide bonds. The van der Waals surface area contributed by atoms with E-state index in [1.54, 1.807) is 0 Å². The number of ether oxygens (including phenoxy) is 1. The predicted octanol–water partition coefficient (Wildman–Crippen LogP) is 1.64. The molecule has 0 aromatic carbocycles. The number of carbonyl (C=O) groups is 1. The molecule has 0 saturated carbocycles. The van der Waals surface area contributed by atoms with Gasteiger partial charge in [0, 0.05) is 18.5 Å². The van der Waals surface area contributed by atoms with Gasteiger partial charge in [0.1, 0.15) is 5.38 Å². The number of rotatable bonds is 2. The standard InChI is InChI=1S/C11H18ClNO2/c1-2-9(12)10(14)13-5-3-11(4-6-13)7-15-8-11/h9H,2-8H2,1H3/t9-/m0/s1. The Morgan fingerprint density at radius 1 is 1.47 bits per heavy atom. The molecule has 0 aliphatic carbocycles. The number of piperidine rings is 1. The Bertz CT molecular complexity index is 243. The van der Waals surface area contributed by atoms with E-state index in [9.17, 15) is 4.79 Å². The third kappa shape index (κ3) is 2.13. The topological polar surface area (TPSA) is 29.5 Å². The van der Waals surface area contributed by atoms with E-state index in [0.717, 1.165) is 39.1 Å². The summed E-state index contributed by atoms with van der Waals surface area (Å²) in [5, 5.41) is -0.336. The molecular weight excluding hydrogens is 214 g/mol. The minimum absolute atomic E-state index is 0.106. The minimum atomic E-state index is -0.336. The van der Waals surface area contributed by atoms with Crippen molar-refractivity contribution >= 4 is 17.5 Å². The number of alkyl halides is 1. The molecule has 0 aromatic rings. The van der Waals surface area contributed by atoms with E-state index >= 15 is 0 Å². The summed E-state index contributed by atoms with van der Waals surface area (Å²) in [7, 11) is 0. The Kier molecular flexibility index (Phi) is 3.21. The van der Waals surface area contributed by atoms with Crippen molar-refractivity contribution in [3.8, 4) is 0 Å². The first-order valence-electron chi connectivity index (χ1n) is 5.67. The van der Waals surface area contributed by atoms with Gasteiger partial charge in [-0.05, 0) is 19.3 Å². The van der Waals surface area contributed by atoms with Gasteiger partial charge in [-0.25, -0.2) is 0 Å². The van der Waals surface area contributed by atoms with Crippen LogP contribution in [0.1, 0.15) is 26.2 Å². The van der Waals surface area contributed by atoms with E-state index in [1.807, 2.05) is 11.8 Å². The quantitative estimate of drug-likeness (QED) is 0.677. The van der Waals surface area contributed by atoms with Gasteiger partial charge in [-0.15, -0.1) is 11.6 Å².